The molecule has 0 saturated heterocycles. The molecule has 0 bridgehead atoms. The van der Waals surface area contributed by atoms with Crippen LogP contribution in [-0.2, 0) is 12.6 Å². The van der Waals surface area contributed by atoms with Gasteiger partial charge in [-0.3, -0.25) is 0 Å². The molecule has 1 aromatic heterocycles. The number of nitrogens with zero attached hydrogens (tertiary/aromatic N) is 1. The summed E-state index contributed by atoms with van der Waals surface area (Å²) in [5.74, 6) is -3.02. The van der Waals surface area contributed by atoms with Crippen molar-refractivity contribution < 1.29 is 27.5 Å². The zero-order valence-electron chi connectivity index (χ0n) is 9.34. The van der Waals surface area contributed by atoms with Gasteiger partial charge in [-0.2, -0.15) is 13.2 Å². The van der Waals surface area contributed by atoms with Gasteiger partial charge in [-0.05, 0) is 5.92 Å². The third-order valence-corrected chi connectivity index (χ3v) is 2.35. The van der Waals surface area contributed by atoms with E-state index >= 15 is 0 Å². The molecule has 0 spiro atoms. The van der Waals surface area contributed by atoms with Gasteiger partial charge in [0.25, 0.3) is 0 Å². The largest absolute Gasteiger partial charge is 0.475 e. The van der Waals surface area contributed by atoms with Gasteiger partial charge in [0.2, 0.25) is 5.76 Å². The maximum Gasteiger partial charge on any atom is 0.437 e. The molecule has 0 aliphatic heterocycles. The van der Waals surface area contributed by atoms with Crippen molar-refractivity contribution in [3.63, 3.8) is 0 Å². The van der Waals surface area contributed by atoms with Crippen LogP contribution in [0, 0.1) is 5.92 Å². The Labute approximate surface area is 95.5 Å². The highest BCUT2D eigenvalue weighted by Crippen LogP contribution is 2.32. The van der Waals surface area contributed by atoms with Gasteiger partial charge in [0, 0.05) is 6.42 Å². The minimum Gasteiger partial charge on any atom is -0.475 e. The summed E-state index contributed by atoms with van der Waals surface area (Å²) in [5.41, 5.74) is -1.47. The van der Waals surface area contributed by atoms with E-state index < -0.39 is 23.6 Å². The normalized spacial score (nSPS) is 13.7. The molecule has 96 valence electrons. The first-order valence-corrected chi connectivity index (χ1v) is 5.05. The Morgan fingerprint density at radius 1 is 1.53 bits per heavy atom. The van der Waals surface area contributed by atoms with Gasteiger partial charge in [-0.1, -0.05) is 20.3 Å². The van der Waals surface area contributed by atoms with E-state index in [1.165, 1.54) is 0 Å². The molecule has 0 amide bonds. The number of carbonyl (C=O) groups is 1. The molecule has 1 rings (SSSR count). The fraction of sp³-hybridized carbons (Fsp3) is 0.600. The lowest BCUT2D eigenvalue weighted by molar-refractivity contribution is -0.141. The first kappa shape index (κ1) is 13.5. The van der Waals surface area contributed by atoms with Crippen molar-refractivity contribution in [1.29, 1.82) is 0 Å². The lowest BCUT2D eigenvalue weighted by Crippen LogP contribution is -2.11. The summed E-state index contributed by atoms with van der Waals surface area (Å²) in [5, 5.41) is 8.60. The van der Waals surface area contributed by atoms with Crippen molar-refractivity contribution in [3.05, 3.63) is 17.3 Å². The van der Waals surface area contributed by atoms with Gasteiger partial charge < -0.3 is 9.52 Å². The SMILES string of the molecule is CCC(C)Cc1nc(C(F)(F)F)c(C(=O)O)o1. The molecule has 0 aromatic carbocycles. The average molecular weight is 251 g/mol. The number of aromatic nitrogens is 1. The van der Waals surface area contributed by atoms with Crippen LogP contribution in [0.25, 0.3) is 0 Å². The number of carboxylic acid groups (broad SMARTS) is 1. The van der Waals surface area contributed by atoms with Gasteiger partial charge in [0.05, 0.1) is 0 Å². The summed E-state index contributed by atoms with van der Waals surface area (Å²) >= 11 is 0. The molecule has 0 aliphatic carbocycles. The van der Waals surface area contributed by atoms with Gasteiger partial charge >= 0.3 is 12.1 Å². The highest BCUT2D eigenvalue weighted by atomic mass is 19.4. The third-order valence-electron chi connectivity index (χ3n) is 2.35. The van der Waals surface area contributed by atoms with Crippen LogP contribution in [0.3, 0.4) is 0 Å². The van der Waals surface area contributed by atoms with Crippen LogP contribution in [-0.4, -0.2) is 16.1 Å². The van der Waals surface area contributed by atoms with E-state index in [1.807, 2.05) is 13.8 Å². The van der Waals surface area contributed by atoms with Crippen LogP contribution < -0.4 is 0 Å². The molecule has 7 heteroatoms. The van der Waals surface area contributed by atoms with E-state index in [0.29, 0.717) is 0 Å². The van der Waals surface area contributed by atoms with Crippen molar-refractivity contribution in [2.45, 2.75) is 32.9 Å². The maximum atomic E-state index is 12.5. The van der Waals surface area contributed by atoms with Crippen LogP contribution in [0.2, 0.25) is 0 Å². The molecule has 4 nitrogen and oxygen atoms in total. The van der Waals surface area contributed by atoms with E-state index in [4.69, 9.17) is 5.11 Å². The van der Waals surface area contributed by atoms with Gasteiger partial charge in [-0.25, -0.2) is 9.78 Å². The number of alkyl halides is 3. The second-order valence-electron chi connectivity index (χ2n) is 3.81. The van der Waals surface area contributed by atoms with Crippen LogP contribution in [0.1, 0.15) is 42.4 Å². The van der Waals surface area contributed by atoms with Crippen LogP contribution in [0.5, 0.6) is 0 Å². The summed E-state index contributed by atoms with van der Waals surface area (Å²) in [4.78, 5) is 13.8. The first-order chi connectivity index (χ1) is 7.75. The third kappa shape index (κ3) is 3.21. The van der Waals surface area contributed by atoms with E-state index in [1.54, 1.807) is 0 Å². The van der Waals surface area contributed by atoms with Gasteiger partial charge in [0.15, 0.2) is 11.6 Å². The molecule has 1 heterocycles. The maximum absolute atomic E-state index is 12.5. The van der Waals surface area contributed by atoms with E-state index in [9.17, 15) is 18.0 Å². The van der Waals surface area contributed by atoms with Gasteiger partial charge in [-0.15, -0.1) is 0 Å². The number of hydrogen-bond donors (Lipinski definition) is 1. The summed E-state index contributed by atoms with van der Waals surface area (Å²) in [6.07, 6.45) is -3.88. The Hall–Kier alpha value is -1.53. The quantitative estimate of drug-likeness (QED) is 0.893. The highest BCUT2D eigenvalue weighted by Gasteiger charge is 2.41. The molecule has 0 saturated carbocycles. The molecule has 1 unspecified atom stereocenters. The van der Waals surface area contributed by atoms with Crippen molar-refractivity contribution in [1.82, 2.24) is 4.98 Å². The molecule has 1 N–H and O–H groups in total. The Morgan fingerprint density at radius 2 is 2.12 bits per heavy atom. The minimum atomic E-state index is -4.81. The Morgan fingerprint density at radius 3 is 2.47 bits per heavy atom. The summed E-state index contributed by atoms with van der Waals surface area (Å²) in [7, 11) is 0. The smallest absolute Gasteiger partial charge is 0.437 e. The Bertz CT molecular complexity index is 411. The lowest BCUT2D eigenvalue weighted by Gasteiger charge is -2.03. The number of oxazole rings is 1. The molecule has 0 fully saturated rings. The number of aromatic carboxylic acids is 1. The zero-order chi connectivity index (χ0) is 13.2. The molecular formula is C10H12F3NO3. The van der Waals surface area contributed by atoms with E-state index in [2.05, 4.69) is 9.40 Å². The van der Waals surface area contributed by atoms with E-state index in [0.717, 1.165) is 6.42 Å². The summed E-state index contributed by atoms with van der Waals surface area (Å²) in [6, 6.07) is 0. The second kappa shape index (κ2) is 4.77. The van der Waals surface area contributed by atoms with Crippen molar-refractivity contribution >= 4 is 5.97 Å². The minimum absolute atomic E-state index is 0.0800. The van der Waals surface area contributed by atoms with Crippen LogP contribution in [0.15, 0.2) is 4.42 Å². The van der Waals surface area contributed by atoms with Crippen LogP contribution in [0.4, 0.5) is 13.2 Å². The molecule has 0 aliphatic rings. The Balaban J connectivity index is 3.09. The summed E-state index contributed by atoms with van der Waals surface area (Å²) in [6.45, 7) is 3.69. The number of hydrogen-bond acceptors (Lipinski definition) is 3. The molecule has 0 radical (unpaired) electrons. The predicted molar refractivity (Wildman–Crippen MR) is 51.6 cm³/mol. The fourth-order valence-electron chi connectivity index (χ4n) is 1.23. The predicted octanol–water partition coefficient (Wildman–Crippen LogP) is 2.98. The number of carboxylic acids is 1. The molecular weight excluding hydrogens is 239 g/mol. The highest BCUT2D eigenvalue weighted by molar-refractivity contribution is 5.85. The summed E-state index contributed by atoms with van der Waals surface area (Å²) < 4.78 is 42.0. The van der Waals surface area contributed by atoms with Crippen LogP contribution >= 0.6 is 0 Å². The average Bonchev–Trinajstić information content (AvgIpc) is 2.61. The van der Waals surface area contributed by atoms with E-state index in [-0.39, 0.29) is 18.2 Å². The zero-order valence-corrected chi connectivity index (χ0v) is 9.34. The first-order valence-electron chi connectivity index (χ1n) is 5.05. The lowest BCUT2D eigenvalue weighted by atomic mass is 10.1. The second-order valence-corrected chi connectivity index (χ2v) is 3.81. The Kier molecular flexibility index (Phi) is 3.79. The van der Waals surface area contributed by atoms with Crippen molar-refractivity contribution in [2.75, 3.05) is 0 Å². The molecule has 1 aromatic rings. The number of halogens is 3. The molecule has 1 atom stereocenters. The monoisotopic (exact) mass is 251 g/mol. The topological polar surface area (TPSA) is 63.3 Å². The fourth-order valence-corrected chi connectivity index (χ4v) is 1.23. The molecule has 17 heavy (non-hydrogen) atoms. The standard InChI is InChI=1S/C10H12F3NO3/c1-3-5(2)4-6-14-8(10(11,12)13)7(17-6)9(15)16/h5H,3-4H2,1-2H3,(H,15,16). The van der Waals surface area contributed by atoms with Crippen molar-refractivity contribution in [3.8, 4) is 0 Å². The number of rotatable bonds is 4. The van der Waals surface area contributed by atoms with Crippen molar-refractivity contribution in [2.24, 2.45) is 5.92 Å². The van der Waals surface area contributed by atoms with Gasteiger partial charge in [0.1, 0.15) is 0 Å².